The van der Waals surface area contributed by atoms with Gasteiger partial charge in [0.05, 0.1) is 0 Å². The SMILES string of the molecule is CCCCCCCCCCCCCCCCCCCCCCCCCCCCC(=O)OCC(COC(=O)CCCCCCCCCCCCCCCC)OC(=O)CCCCCCCCCCCCCCCCCCCCCCCCC. The fraction of sp³-hybridized carbons (Fsp3) is 0.960. The molecule has 0 fully saturated rings. The lowest BCUT2D eigenvalue weighted by molar-refractivity contribution is -0.167. The van der Waals surface area contributed by atoms with Gasteiger partial charge in [0.15, 0.2) is 6.10 Å². The molecule has 0 aliphatic rings. The number of rotatable bonds is 71. The minimum atomic E-state index is -0.764. The van der Waals surface area contributed by atoms with Crippen LogP contribution in [0, 0.1) is 0 Å². The van der Waals surface area contributed by atoms with Crippen molar-refractivity contribution in [3.8, 4) is 0 Å². The van der Waals surface area contributed by atoms with Gasteiger partial charge < -0.3 is 14.2 Å². The summed E-state index contributed by atoms with van der Waals surface area (Å²) in [7, 11) is 0. The van der Waals surface area contributed by atoms with Gasteiger partial charge in [-0.3, -0.25) is 14.4 Å². The molecule has 1 unspecified atom stereocenters. The van der Waals surface area contributed by atoms with Crippen molar-refractivity contribution < 1.29 is 28.6 Å². The van der Waals surface area contributed by atoms with Crippen LogP contribution in [0.4, 0.5) is 0 Å². The maximum absolute atomic E-state index is 13.0. The molecule has 0 aromatic rings. The molecule has 0 N–H and O–H groups in total. The molecule has 0 radical (unpaired) electrons. The first-order chi connectivity index (χ1) is 40.0. The molecule has 0 heterocycles. The van der Waals surface area contributed by atoms with Gasteiger partial charge in [-0.25, -0.2) is 0 Å². The molecule has 0 amide bonds. The van der Waals surface area contributed by atoms with Gasteiger partial charge in [0.2, 0.25) is 0 Å². The molecule has 81 heavy (non-hydrogen) atoms. The number of carbonyl (C=O) groups is 3. The van der Waals surface area contributed by atoms with Crippen molar-refractivity contribution in [2.45, 2.75) is 451 Å². The van der Waals surface area contributed by atoms with E-state index in [4.69, 9.17) is 14.2 Å². The van der Waals surface area contributed by atoms with Crippen LogP contribution in [0.15, 0.2) is 0 Å². The first kappa shape index (κ1) is 79.4. The van der Waals surface area contributed by atoms with Crippen molar-refractivity contribution in [2.75, 3.05) is 13.2 Å². The predicted octanol–water partition coefficient (Wildman–Crippen LogP) is 25.8. The van der Waals surface area contributed by atoms with Crippen molar-refractivity contribution in [1.29, 1.82) is 0 Å². The Balaban J connectivity index is 4.18. The van der Waals surface area contributed by atoms with Gasteiger partial charge in [0.1, 0.15) is 13.2 Å². The lowest BCUT2D eigenvalue weighted by Gasteiger charge is -2.18. The van der Waals surface area contributed by atoms with Crippen LogP contribution in [-0.2, 0) is 28.6 Å². The van der Waals surface area contributed by atoms with Crippen LogP contribution >= 0.6 is 0 Å². The molecule has 6 nitrogen and oxygen atoms in total. The zero-order valence-electron chi connectivity index (χ0n) is 55.6. The summed E-state index contributed by atoms with van der Waals surface area (Å²) in [6.45, 7) is 6.75. The summed E-state index contributed by atoms with van der Waals surface area (Å²) < 4.78 is 17.0. The van der Waals surface area contributed by atoms with Gasteiger partial charge in [0.25, 0.3) is 0 Å². The highest BCUT2D eigenvalue weighted by Crippen LogP contribution is 2.20. The average molecular weight is 1140 g/mol. The Morgan fingerprint density at radius 1 is 0.198 bits per heavy atom. The molecule has 482 valence electrons. The van der Waals surface area contributed by atoms with E-state index in [2.05, 4.69) is 20.8 Å². The molecule has 0 aliphatic heterocycles. The standard InChI is InChI=1S/C75H146O6/c1-4-7-10-13-16-19-22-25-28-30-32-34-36-37-38-40-41-43-45-47-50-53-56-59-62-65-68-74(77)80-71-72(70-79-73(76)67-64-61-58-55-52-49-27-24-21-18-15-12-9-6-3)81-75(78)69-66-63-60-57-54-51-48-46-44-42-39-35-33-31-29-26-23-20-17-14-11-8-5-2/h72H,4-71H2,1-3H3. The third kappa shape index (κ3) is 69.1. The number of carbonyl (C=O) groups excluding carboxylic acids is 3. The number of hydrogen-bond acceptors (Lipinski definition) is 6. The zero-order chi connectivity index (χ0) is 58.5. The molecule has 0 saturated carbocycles. The molecule has 0 aliphatic carbocycles. The lowest BCUT2D eigenvalue weighted by atomic mass is 10.0. The van der Waals surface area contributed by atoms with Gasteiger partial charge in [0, 0.05) is 19.3 Å². The van der Waals surface area contributed by atoms with Crippen molar-refractivity contribution in [3.63, 3.8) is 0 Å². The smallest absolute Gasteiger partial charge is 0.306 e. The second-order valence-corrected chi connectivity index (χ2v) is 25.9. The molecular weight excluding hydrogens is 997 g/mol. The van der Waals surface area contributed by atoms with Crippen LogP contribution in [0.25, 0.3) is 0 Å². The van der Waals surface area contributed by atoms with Gasteiger partial charge in [-0.2, -0.15) is 0 Å². The molecule has 0 rings (SSSR count). The fourth-order valence-corrected chi connectivity index (χ4v) is 12.0. The highest BCUT2D eigenvalue weighted by Gasteiger charge is 2.20. The van der Waals surface area contributed by atoms with Crippen LogP contribution < -0.4 is 0 Å². The molecule has 6 heteroatoms. The number of ether oxygens (including phenoxy) is 3. The number of esters is 3. The van der Waals surface area contributed by atoms with Crippen LogP contribution in [0.2, 0.25) is 0 Å². The number of hydrogen-bond donors (Lipinski definition) is 0. The fourth-order valence-electron chi connectivity index (χ4n) is 12.0. The molecule has 0 spiro atoms. The maximum Gasteiger partial charge on any atom is 0.306 e. The Kier molecular flexibility index (Phi) is 69.5. The maximum atomic E-state index is 13.0. The largest absolute Gasteiger partial charge is 0.462 e. The second-order valence-electron chi connectivity index (χ2n) is 25.9. The molecule has 0 aromatic heterocycles. The minimum Gasteiger partial charge on any atom is -0.462 e. The Hall–Kier alpha value is -1.59. The van der Waals surface area contributed by atoms with Gasteiger partial charge in [-0.1, -0.05) is 406 Å². The van der Waals surface area contributed by atoms with Crippen molar-refractivity contribution in [2.24, 2.45) is 0 Å². The Labute approximate surface area is 508 Å². The molecular formula is C75H146O6. The summed E-state index contributed by atoms with van der Waals surface area (Å²) in [6.07, 6.45) is 84.4. The summed E-state index contributed by atoms with van der Waals surface area (Å²) in [6, 6.07) is 0. The van der Waals surface area contributed by atoms with Crippen LogP contribution in [0.3, 0.4) is 0 Å². The molecule has 0 bridgehead atoms. The van der Waals surface area contributed by atoms with E-state index in [-0.39, 0.29) is 31.1 Å². The monoisotopic (exact) mass is 1140 g/mol. The quantitative estimate of drug-likeness (QED) is 0.0343. The van der Waals surface area contributed by atoms with E-state index in [9.17, 15) is 14.4 Å². The predicted molar refractivity (Wildman–Crippen MR) is 354 cm³/mol. The van der Waals surface area contributed by atoms with Crippen molar-refractivity contribution in [1.82, 2.24) is 0 Å². The second kappa shape index (κ2) is 70.9. The summed E-state index contributed by atoms with van der Waals surface area (Å²) in [5.74, 6) is -0.816. The number of unbranched alkanes of at least 4 members (excludes halogenated alkanes) is 60. The van der Waals surface area contributed by atoms with Crippen LogP contribution in [0.1, 0.15) is 445 Å². The zero-order valence-corrected chi connectivity index (χ0v) is 55.6. The highest BCUT2D eigenvalue weighted by atomic mass is 16.6. The molecule has 0 saturated heterocycles. The van der Waals surface area contributed by atoms with Gasteiger partial charge >= 0.3 is 17.9 Å². The van der Waals surface area contributed by atoms with E-state index in [1.807, 2.05) is 0 Å². The van der Waals surface area contributed by atoms with E-state index < -0.39 is 6.10 Å². The van der Waals surface area contributed by atoms with Gasteiger partial charge in [-0.05, 0) is 19.3 Å². The van der Waals surface area contributed by atoms with E-state index in [0.717, 1.165) is 57.8 Å². The van der Waals surface area contributed by atoms with Gasteiger partial charge in [-0.15, -0.1) is 0 Å². The third-order valence-corrected chi connectivity index (χ3v) is 17.6. The summed E-state index contributed by atoms with van der Waals surface area (Å²) in [4.78, 5) is 38.5. The first-order valence-electron chi connectivity index (χ1n) is 37.5. The minimum absolute atomic E-state index is 0.0599. The molecule has 0 aromatic carbocycles. The normalized spacial score (nSPS) is 11.9. The Morgan fingerprint density at radius 2 is 0.333 bits per heavy atom. The van der Waals surface area contributed by atoms with Crippen LogP contribution in [0.5, 0.6) is 0 Å². The topological polar surface area (TPSA) is 78.9 Å². The lowest BCUT2D eigenvalue weighted by Crippen LogP contribution is -2.30. The Morgan fingerprint density at radius 3 is 0.494 bits per heavy atom. The van der Waals surface area contributed by atoms with E-state index >= 15 is 0 Å². The summed E-state index contributed by atoms with van der Waals surface area (Å²) in [5.41, 5.74) is 0. The van der Waals surface area contributed by atoms with E-state index in [0.29, 0.717) is 19.3 Å². The Bertz CT molecular complexity index is 1220. The van der Waals surface area contributed by atoms with Crippen LogP contribution in [-0.4, -0.2) is 37.2 Å². The highest BCUT2D eigenvalue weighted by molar-refractivity contribution is 5.71. The summed E-state index contributed by atoms with van der Waals surface area (Å²) >= 11 is 0. The van der Waals surface area contributed by atoms with Crippen molar-refractivity contribution >= 4 is 17.9 Å². The van der Waals surface area contributed by atoms with Crippen molar-refractivity contribution in [3.05, 3.63) is 0 Å². The molecule has 1 atom stereocenters. The first-order valence-corrected chi connectivity index (χ1v) is 37.5. The summed E-state index contributed by atoms with van der Waals surface area (Å²) in [5, 5.41) is 0. The average Bonchev–Trinajstić information content (AvgIpc) is 3.47. The van der Waals surface area contributed by atoms with E-state index in [1.54, 1.807) is 0 Å². The third-order valence-electron chi connectivity index (χ3n) is 17.6. The van der Waals surface area contributed by atoms with E-state index in [1.165, 1.54) is 347 Å².